The number of anilines is 1. The fraction of sp³-hybridized carbons (Fsp3) is 0.423. The second kappa shape index (κ2) is 9.93. The van der Waals surface area contributed by atoms with Gasteiger partial charge in [-0.3, -0.25) is 4.79 Å². The van der Waals surface area contributed by atoms with Crippen molar-refractivity contribution in [3.8, 4) is 17.2 Å². The maximum absolute atomic E-state index is 13.5. The molecule has 36 heavy (non-hydrogen) atoms. The van der Waals surface area contributed by atoms with Crippen LogP contribution in [0.15, 0.2) is 51.8 Å². The monoisotopic (exact) mass is 510 g/mol. The van der Waals surface area contributed by atoms with Crippen LogP contribution >= 0.6 is 0 Å². The molecule has 0 N–H and O–H groups in total. The molecule has 2 aliphatic rings. The van der Waals surface area contributed by atoms with Crippen LogP contribution < -0.4 is 9.64 Å². The number of hydrogen-bond donors (Lipinski definition) is 0. The van der Waals surface area contributed by atoms with Crippen molar-refractivity contribution in [2.75, 3.05) is 37.3 Å². The van der Waals surface area contributed by atoms with Crippen LogP contribution in [0.5, 0.6) is 5.75 Å². The molecular formula is C26H30N4O5S. The molecule has 1 saturated heterocycles. The zero-order valence-electron chi connectivity index (χ0n) is 20.5. The van der Waals surface area contributed by atoms with E-state index in [4.69, 9.17) is 9.15 Å². The lowest BCUT2D eigenvalue weighted by atomic mass is 10.1. The number of piperazine rings is 1. The number of aryl methyl sites for hydroxylation is 1. The van der Waals surface area contributed by atoms with Crippen LogP contribution in [0.3, 0.4) is 0 Å². The first-order valence-electron chi connectivity index (χ1n) is 12.2. The molecule has 5 rings (SSSR count). The van der Waals surface area contributed by atoms with E-state index >= 15 is 0 Å². The Labute approximate surface area is 211 Å². The molecule has 190 valence electrons. The van der Waals surface area contributed by atoms with Crippen LogP contribution in [0.1, 0.15) is 41.9 Å². The number of carbonyl (C=O) groups is 1. The molecule has 0 radical (unpaired) electrons. The fourth-order valence-electron chi connectivity index (χ4n) is 4.76. The molecule has 1 aliphatic heterocycles. The van der Waals surface area contributed by atoms with E-state index in [2.05, 4.69) is 15.1 Å². The molecule has 10 heteroatoms. The van der Waals surface area contributed by atoms with Gasteiger partial charge in [0.15, 0.2) is 9.84 Å². The number of hydrogen-bond acceptors (Lipinski definition) is 8. The van der Waals surface area contributed by atoms with E-state index in [1.165, 1.54) is 12.1 Å². The Morgan fingerprint density at radius 2 is 1.69 bits per heavy atom. The lowest BCUT2D eigenvalue weighted by molar-refractivity contribution is 0.0739. The van der Waals surface area contributed by atoms with Gasteiger partial charge in [0.2, 0.25) is 11.8 Å². The van der Waals surface area contributed by atoms with E-state index < -0.39 is 9.84 Å². The zero-order chi connectivity index (χ0) is 25.3. The number of nitrogens with zero attached hydrogens (tertiary/aromatic N) is 4. The number of sulfone groups is 1. The maximum atomic E-state index is 13.5. The van der Waals surface area contributed by atoms with Gasteiger partial charge in [-0.1, -0.05) is 0 Å². The van der Waals surface area contributed by atoms with Crippen molar-refractivity contribution in [3.63, 3.8) is 0 Å². The van der Waals surface area contributed by atoms with Crippen LogP contribution in [0.2, 0.25) is 0 Å². The lowest BCUT2D eigenvalue weighted by Crippen LogP contribution is -2.48. The highest BCUT2D eigenvalue weighted by Gasteiger charge is 2.27. The van der Waals surface area contributed by atoms with E-state index in [-0.39, 0.29) is 16.9 Å². The molecule has 1 aliphatic carbocycles. The highest BCUT2D eigenvalue weighted by molar-refractivity contribution is 7.90. The first-order valence-corrected chi connectivity index (χ1v) is 14.1. The first-order chi connectivity index (χ1) is 17.3. The van der Waals surface area contributed by atoms with Crippen LogP contribution in [-0.4, -0.2) is 68.0 Å². The van der Waals surface area contributed by atoms with Gasteiger partial charge in [0.25, 0.3) is 5.91 Å². The van der Waals surface area contributed by atoms with Gasteiger partial charge in [0.05, 0.1) is 16.6 Å². The molecule has 1 amide bonds. The van der Waals surface area contributed by atoms with Crippen LogP contribution in [0, 0.1) is 6.92 Å². The highest BCUT2D eigenvalue weighted by atomic mass is 32.2. The Morgan fingerprint density at radius 1 is 1.00 bits per heavy atom. The first kappa shape index (κ1) is 24.3. The Balaban J connectivity index is 1.29. The molecule has 0 unspecified atom stereocenters. The minimum Gasteiger partial charge on any atom is -0.490 e. The highest BCUT2D eigenvalue weighted by Crippen LogP contribution is 2.30. The summed E-state index contributed by atoms with van der Waals surface area (Å²) in [5, 5.41) is 7.93. The van der Waals surface area contributed by atoms with Gasteiger partial charge >= 0.3 is 0 Å². The lowest BCUT2D eigenvalue weighted by Gasteiger charge is -2.36. The van der Waals surface area contributed by atoms with Crippen molar-refractivity contribution in [2.45, 2.75) is 43.6 Å². The molecule has 0 spiro atoms. The molecular weight excluding hydrogens is 480 g/mol. The van der Waals surface area contributed by atoms with Gasteiger partial charge in [0.1, 0.15) is 5.75 Å². The fourth-order valence-corrected chi connectivity index (χ4v) is 5.41. The number of rotatable bonds is 6. The minimum atomic E-state index is -3.45. The van der Waals surface area contributed by atoms with Gasteiger partial charge in [-0.25, -0.2) is 8.42 Å². The summed E-state index contributed by atoms with van der Waals surface area (Å²) in [6, 6.07) is 12.5. The molecule has 2 fully saturated rings. The molecule has 2 heterocycles. The maximum Gasteiger partial charge on any atom is 0.257 e. The summed E-state index contributed by atoms with van der Waals surface area (Å²) >= 11 is 0. The number of aromatic nitrogens is 2. The Hall–Kier alpha value is -3.40. The summed E-state index contributed by atoms with van der Waals surface area (Å²) in [6.07, 6.45) is 5.32. The van der Waals surface area contributed by atoms with Gasteiger partial charge in [-0.05, 0) is 68.1 Å². The SMILES string of the molecule is Cc1nnc(-c2ccc(N3CCN(C(=O)c4cc(S(C)(=O)=O)ccc4OC4CCCC4)CC3)cc2)o1. The molecule has 0 atom stereocenters. The third kappa shape index (κ3) is 5.23. The standard InChI is InChI=1S/C26H30N4O5S/c1-18-27-28-25(34-18)19-7-9-20(10-8-19)29-13-15-30(16-14-29)26(31)23-17-22(36(2,32)33)11-12-24(23)35-21-5-3-4-6-21/h7-12,17,21H,3-6,13-16H2,1-2H3. The van der Waals surface area contributed by atoms with Gasteiger partial charge in [-0.2, -0.15) is 0 Å². The van der Waals surface area contributed by atoms with Crippen molar-refractivity contribution in [1.82, 2.24) is 15.1 Å². The third-order valence-corrected chi connectivity index (χ3v) is 7.89. The van der Waals surface area contributed by atoms with Gasteiger partial charge < -0.3 is 19.0 Å². The number of amides is 1. The van der Waals surface area contributed by atoms with Crippen LogP contribution in [0.4, 0.5) is 5.69 Å². The average molecular weight is 511 g/mol. The molecule has 0 bridgehead atoms. The van der Waals surface area contributed by atoms with E-state index in [9.17, 15) is 13.2 Å². The Bertz CT molecular complexity index is 1340. The summed E-state index contributed by atoms with van der Waals surface area (Å²) in [5.74, 6) is 1.28. The molecule has 2 aromatic carbocycles. The molecule has 9 nitrogen and oxygen atoms in total. The second-order valence-electron chi connectivity index (χ2n) is 9.41. The van der Waals surface area contributed by atoms with Crippen molar-refractivity contribution >= 4 is 21.4 Å². The normalized spacial score (nSPS) is 16.9. The smallest absolute Gasteiger partial charge is 0.257 e. The second-order valence-corrected chi connectivity index (χ2v) is 11.4. The van der Waals surface area contributed by atoms with Crippen molar-refractivity contribution in [2.24, 2.45) is 0 Å². The Kier molecular flexibility index (Phi) is 6.70. The van der Waals surface area contributed by atoms with Gasteiger partial charge in [-0.15, -0.1) is 10.2 Å². The van der Waals surface area contributed by atoms with Crippen LogP contribution in [0.25, 0.3) is 11.5 Å². The average Bonchev–Trinajstić information content (AvgIpc) is 3.55. The van der Waals surface area contributed by atoms with Crippen molar-refractivity contribution in [3.05, 3.63) is 53.9 Å². The largest absolute Gasteiger partial charge is 0.490 e. The number of carbonyl (C=O) groups excluding carboxylic acids is 1. The molecule has 1 saturated carbocycles. The predicted octanol–water partition coefficient (Wildman–Crippen LogP) is 3.73. The van der Waals surface area contributed by atoms with Crippen LogP contribution in [-0.2, 0) is 9.84 Å². The topological polar surface area (TPSA) is 106 Å². The Morgan fingerprint density at radius 3 is 2.31 bits per heavy atom. The van der Waals surface area contributed by atoms with E-state index in [0.29, 0.717) is 49.3 Å². The third-order valence-electron chi connectivity index (χ3n) is 6.78. The summed E-state index contributed by atoms with van der Waals surface area (Å²) < 4.78 is 36.0. The summed E-state index contributed by atoms with van der Waals surface area (Å²) in [5.41, 5.74) is 2.22. The van der Waals surface area contributed by atoms with E-state index in [0.717, 1.165) is 43.2 Å². The predicted molar refractivity (Wildman–Crippen MR) is 135 cm³/mol. The number of benzene rings is 2. The van der Waals surface area contributed by atoms with Crippen molar-refractivity contribution < 1.29 is 22.4 Å². The van der Waals surface area contributed by atoms with Crippen molar-refractivity contribution in [1.29, 1.82) is 0 Å². The summed E-state index contributed by atoms with van der Waals surface area (Å²) in [6.45, 7) is 4.13. The minimum absolute atomic E-state index is 0.0662. The zero-order valence-corrected chi connectivity index (χ0v) is 21.3. The summed E-state index contributed by atoms with van der Waals surface area (Å²) in [4.78, 5) is 17.6. The van der Waals surface area contributed by atoms with E-state index in [1.807, 2.05) is 24.3 Å². The molecule has 3 aromatic rings. The van der Waals surface area contributed by atoms with Gasteiger partial charge in [0, 0.05) is 50.6 Å². The summed E-state index contributed by atoms with van der Waals surface area (Å²) in [7, 11) is -3.45. The molecule has 1 aromatic heterocycles. The number of ether oxygens (including phenoxy) is 1. The quantitative estimate of drug-likeness (QED) is 0.494. The van der Waals surface area contributed by atoms with E-state index in [1.54, 1.807) is 17.9 Å².